The molecule has 0 radical (unpaired) electrons. The Labute approximate surface area is 145 Å². The zero-order chi connectivity index (χ0) is 17.3. The van der Waals surface area contributed by atoms with E-state index >= 15 is 0 Å². The van der Waals surface area contributed by atoms with Crippen molar-refractivity contribution < 1.29 is 14.1 Å². The van der Waals surface area contributed by atoms with Gasteiger partial charge in [0.05, 0.1) is 4.92 Å². The van der Waals surface area contributed by atoms with Gasteiger partial charge >= 0.3 is 0 Å². The molecule has 0 aliphatic rings. The first-order valence-corrected chi connectivity index (χ1v) is 7.97. The van der Waals surface area contributed by atoms with Crippen LogP contribution in [0.5, 0.6) is 0 Å². The summed E-state index contributed by atoms with van der Waals surface area (Å²) in [7, 11) is 0. The summed E-state index contributed by atoms with van der Waals surface area (Å²) < 4.78 is 5.46. The van der Waals surface area contributed by atoms with E-state index in [2.05, 4.69) is 10.3 Å². The van der Waals surface area contributed by atoms with Gasteiger partial charge in [-0.2, -0.15) is 0 Å². The van der Waals surface area contributed by atoms with Crippen molar-refractivity contribution in [2.45, 2.75) is 6.92 Å². The number of carbonyl (C=O) groups excluding carboxylic acids is 1. The molecule has 7 nitrogen and oxygen atoms in total. The molecule has 1 aromatic carbocycles. The molecule has 0 atom stereocenters. The number of hydrogen-bond donors (Lipinski definition) is 1. The summed E-state index contributed by atoms with van der Waals surface area (Å²) in [6, 6.07) is 7.45. The Kier molecular flexibility index (Phi) is 4.32. The first-order chi connectivity index (χ1) is 11.4. The fourth-order valence-corrected chi connectivity index (χ4v) is 2.89. The highest BCUT2D eigenvalue weighted by Crippen LogP contribution is 2.28. The van der Waals surface area contributed by atoms with E-state index in [0.29, 0.717) is 16.6 Å². The third-order valence-electron chi connectivity index (χ3n) is 3.12. The monoisotopic (exact) mass is 363 g/mol. The number of rotatable bonds is 4. The maximum atomic E-state index is 12.3. The first-order valence-electron chi connectivity index (χ1n) is 6.71. The quantitative estimate of drug-likeness (QED) is 0.542. The van der Waals surface area contributed by atoms with Crippen molar-refractivity contribution in [3.63, 3.8) is 0 Å². The van der Waals surface area contributed by atoms with Crippen molar-refractivity contribution >= 4 is 39.7 Å². The second-order valence-corrected chi connectivity index (χ2v) is 6.12. The fourth-order valence-electron chi connectivity index (χ4n) is 2.03. The lowest BCUT2D eigenvalue weighted by atomic mass is 10.1. The molecule has 1 amide bonds. The molecule has 1 N–H and O–H groups in total. The van der Waals surface area contributed by atoms with Gasteiger partial charge in [0, 0.05) is 16.5 Å². The smallest absolute Gasteiger partial charge is 0.283 e. The molecular weight excluding hydrogens is 354 g/mol. The number of halogens is 1. The summed E-state index contributed by atoms with van der Waals surface area (Å²) in [4.78, 5) is 26.9. The van der Waals surface area contributed by atoms with Crippen molar-refractivity contribution in [2.75, 3.05) is 5.32 Å². The van der Waals surface area contributed by atoms with Crippen LogP contribution < -0.4 is 5.32 Å². The van der Waals surface area contributed by atoms with Crippen LogP contribution >= 0.6 is 22.9 Å². The van der Waals surface area contributed by atoms with E-state index in [4.69, 9.17) is 16.0 Å². The number of thiazole rings is 1. The Balaban J connectivity index is 1.83. The molecule has 0 fully saturated rings. The van der Waals surface area contributed by atoms with Gasteiger partial charge in [0.1, 0.15) is 17.0 Å². The predicted molar refractivity (Wildman–Crippen MR) is 90.6 cm³/mol. The normalized spacial score (nSPS) is 10.6. The number of benzene rings is 1. The lowest BCUT2D eigenvalue weighted by Gasteiger charge is -2.03. The van der Waals surface area contributed by atoms with E-state index in [0.717, 1.165) is 11.8 Å². The number of hydrogen-bond acceptors (Lipinski definition) is 6. The molecule has 122 valence electrons. The zero-order valence-electron chi connectivity index (χ0n) is 12.3. The standard InChI is InChI=1S/C15H10ClN3O4S/c1-8-2-5-13(23-8)11-7-24-15(17-11)18-14(20)10-4-3-9(16)6-12(10)19(21)22/h2-7H,1H3,(H,17,18,20). The minimum absolute atomic E-state index is 0.0880. The van der Waals surface area contributed by atoms with Crippen LogP contribution in [-0.4, -0.2) is 15.8 Å². The molecule has 0 unspecified atom stereocenters. The average molecular weight is 364 g/mol. The lowest BCUT2D eigenvalue weighted by Crippen LogP contribution is -2.13. The number of carbonyl (C=O) groups is 1. The summed E-state index contributed by atoms with van der Waals surface area (Å²) >= 11 is 6.94. The number of nitro groups is 1. The molecule has 0 saturated carbocycles. The van der Waals surface area contributed by atoms with Crippen LogP contribution in [0.25, 0.3) is 11.5 Å². The van der Waals surface area contributed by atoms with Gasteiger partial charge in [-0.1, -0.05) is 11.6 Å². The SMILES string of the molecule is Cc1ccc(-c2csc(NC(=O)c3ccc(Cl)cc3[N+](=O)[O-])n2)o1. The van der Waals surface area contributed by atoms with Gasteiger partial charge in [0.25, 0.3) is 11.6 Å². The van der Waals surface area contributed by atoms with Gasteiger partial charge in [0.2, 0.25) is 0 Å². The largest absolute Gasteiger partial charge is 0.460 e. The van der Waals surface area contributed by atoms with Crippen molar-refractivity contribution in [3.05, 3.63) is 62.2 Å². The number of nitro benzene ring substituents is 1. The summed E-state index contributed by atoms with van der Waals surface area (Å²) in [5, 5.41) is 15.8. The number of furan rings is 1. The van der Waals surface area contributed by atoms with Gasteiger partial charge in [0.15, 0.2) is 10.9 Å². The number of aryl methyl sites for hydroxylation is 1. The molecule has 0 aliphatic heterocycles. The summed E-state index contributed by atoms with van der Waals surface area (Å²) in [6.45, 7) is 1.82. The Morgan fingerprint density at radius 3 is 2.83 bits per heavy atom. The summed E-state index contributed by atoms with van der Waals surface area (Å²) in [6.07, 6.45) is 0. The van der Waals surface area contributed by atoms with Crippen LogP contribution in [0.4, 0.5) is 10.8 Å². The zero-order valence-corrected chi connectivity index (χ0v) is 13.9. The van der Waals surface area contributed by atoms with Crippen LogP contribution in [0.3, 0.4) is 0 Å². The molecule has 3 rings (SSSR count). The van der Waals surface area contributed by atoms with Crippen molar-refractivity contribution in [3.8, 4) is 11.5 Å². The maximum Gasteiger partial charge on any atom is 0.283 e. The Bertz CT molecular complexity index is 934. The number of anilines is 1. The predicted octanol–water partition coefficient (Wildman–Crippen LogP) is 4.53. The van der Waals surface area contributed by atoms with Gasteiger partial charge in [-0.3, -0.25) is 20.2 Å². The van der Waals surface area contributed by atoms with Crippen molar-refractivity contribution in [1.82, 2.24) is 4.98 Å². The number of amides is 1. The van der Waals surface area contributed by atoms with E-state index in [1.807, 2.05) is 13.0 Å². The molecule has 24 heavy (non-hydrogen) atoms. The summed E-state index contributed by atoms with van der Waals surface area (Å²) in [5.74, 6) is 0.706. The third-order valence-corrected chi connectivity index (χ3v) is 4.11. The van der Waals surface area contributed by atoms with E-state index < -0.39 is 10.8 Å². The highest BCUT2D eigenvalue weighted by Gasteiger charge is 2.21. The molecule has 3 aromatic rings. The third kappa shape index (κ3) is 3.29. The molecule has 0 saturated heterocycles. The maximum absolute atomic E-state index is 12.3. The second kappa shape index (κ2) is 6.42. The highest BCUT2D eigenvalue weighted by molar-refractivity contribution is 7.14. The number of nitrogens with one attached hydrogen (secondary N) is 1. The van der Waals surface area contributed by atoms with Gasteiger partial charge in [-0.25, -0.2) is 4.98 Å². The van der Waals surface area contributed by atoms with E-state index in [1.54, 1.807) is 11.4 Å². The van der Waals surface area contributed by atoms with Gasteiger partial charge in [-0.15, -0.1) is 11.3 Å². The minimum atomic E-state index is -0.653. The number of nitrogens with zero attached hydrogens (tertiary/aromatic N) is 2. The van der Waals surface area contributed by atoms with Gasteiger partial charge in [-0.05, 0) is 31.2 Å². The van der Waals surface area contributed by atoms with Crippen LogP contribution in [0, 0.1) is 17.0 Å². The Morgan fingerprint density at radius 1 is 1.38 bits per heavy atom. The van der Waals surface area contributed by atoms with Crippen LogP contribution in [0.1, 0.15) is 16.1 Å². The first kappa shape index (κ1) is 16.2. The highest BCUT2D eigenvalue weighted by atomic mass is 35.5. The Hall–Kier alpha value is -2.71. The molecule has 9 heteroatoms. The van der Waals surface area contributed by atoms with Crippen molar-refractivity contribution in [1.29, 1.82) is 0 Å². The fraction of sp³-hybridized carbons (Fsp3) is 0.0667. The number of aromatic nitrogens is 1. The van der Waals surface area contributed by atoms with Gasteiger partial charge < -0.3 is 4.42 Å². The second-order valence-electron chi connectivity index (χ2n) is 4.82. The summed E-state index contributed by atoms with van der Waals surface area (Å²) in [5.41, 5.74) is 0.127. The molecule has 0 spiro atoms. The van der Waals surface area contributed by atoms with Crippen molar-refractivity contribution in [2.24, 2.45) is 0 Å². The van der Waals surface area contributed by atoms with Crippen LogP contribution in [0.15, 0.2) is 40.1 Å². The molecule has 2 aromatic heterocycles. The molecule has 2 heterocycles. The van der Waals surface area contributed by atoms with E-state index in [-0.39, 0.29) is 16.3 Å². The molecule has 0 bridgehead atoms. The van der Waals surface area contributed by atoms with Crippen LogP contribution in [0.2, 0.25) is 5.02 Å². The van der Waals surface area contributed by atoms with E-state index in [1.165, 1.54) is 23.5 Å². The minimum Gasteiger partial charge on any atom is -0.460 e. The van der Waals surface area contributed by atoms with E-state index in [9.17, 15) is 14.9 Å². The Morgan fingerprint density at radius 2 is 2.17 bits per heavy atom. The van der Waals surface area contributed by atoms with Crippen LogP contribution in [-0.2, 0) is 0 Å². The lowest BCUT2D eigenvalue weighted by molar-refractivity contribution is -0.385. The topological polar surface area (TPSA) is 98.3 Å². The molecule has 0 aliphatic carbocycles. The average Bonchev–Trinajstić information content (AvgIpc) is 3.16. The molecular formula is C15H10ClN3O4S.